The highest BCUT2D eigenvalue weighted by Gasteiger charge is 2.17. The Morgan fingerprint density at radius 1 is 1.50 bits per heavy atom. The predicted molar refractivity (Wildman–Crippen MR) is 69.0 cm³/mol. The minimum Gasteiger partial charge on any atom is -0.389 e. The first-order valence-electron chi connectivity index (χ1n) is 5.76. The number of likely N-dealkylation sites (N-methyl/N-ethyl adjacent to an activating group) is 1. The van der Waals surface area contributed by atoms with Gasteiger partial charge in [-0.25, -0.2) is 4.98 Å². The van der Waals surface area contributed by atoms with E-state index in [-0.39, 0.29) is 0 Å². The molecule has 3 nitrogen and oxygen atoms in total. The van der Waals surface area contributed by atoms with Crippen LogP contribution in [-0.4, -0.2) is 40.2 Å². The van der Waals surface area contributed by atoms with E-state index in [2.05, 4.69) is 23.7 Å². The summed E-state index contributed by atoms with van der Waals surface area (Å²) in [5, 5.41) is 9.78. The summed E-state index contributed by atoms with van der Waals surface area (Å²) in [7, 11) is 0. The molecule has 0 bridgehead atoms. The molecule has 1 N–H and O–H groups in total. The Bertz CT molecular complexity index is 317. The average Bonchev–Trinajstić information content (AvgIpc) is 2.57. The van der Waals surface area contributed by atoms with E-state index in [9.17, 15) is 5.11 Å². The van der Waals surface area contributed by atoms with Gasteiger partial charge in [-0.2, -0.15) is 0 Å². The van der Waals surface area contributed by atoms with Crippen molar-refractivity contribution in [2.24, 2.45) is 0 Å². The average molecular weight is 242 g/mol. The van der Waals surface area contributed by atoms with Crippen molar-refractivity contribution in [2.45, 2.75) is 39.7 Å². The fourth-order valence-corrected chi connectivity index (χ4v) is 2.49. The van der Waals surface area contributed by atoms with Crippen LogP contribution in [0.2, 0.25) is 0 Å². The van der Waals surface area contributed by atoms with Crippen molar-refractivity contribution in [2.75, 3.05) is 19.6 Å². The van der Waals surface area contributed by atoms with Crippen LogP contribution < -0.4 is 0 Å². The molecule has 0 amide bonds. The van der Waals surface area contributed by atoms with Crippen molar-refractivity contribution in [3.05, 3.63) is 16.1 Å². The molecule has 16 heavy (non-hydrogen) atoms. The first kappa shape index (κ1) is 13.6. The Hall–Kier alpha value is -0.450. The van der Waals surface area contributed by atoms with E-state index in [0.29, 0.717) is 0 Å². The fraction of sp³-hybridized carbons (Fsp3) is 0.750. The quantitative estimate of drug-likeness (QED) is 0.830. The Kier molecular flexibility index (Phi) is 4.89. The summed E-state index contributed by atoms with van der Waals surface area (Å²) in [5.74, 6) is 0. The van der Waals surface area contributed by atoms with E-state index in [1.54, 1.807) is 11.3 Å². The number of hydrogen-bond acceptors (Lipinski definition) is 4. The van der Waals surface area contributed by atoms with Crippen LogP contribution in [0.25, 0.3) is 0 Å². The van der Waals surface area contributed by atoms with Gasteiger partial charge in [0.25, 0.3) is 0 Å². The third kappa shape index (κ3) is 4.60. The standard InChI is InChI=1S/C12H22N2OS/c1-5-14(8-12(3,4)15)7-6-11-10(2)13-9-16-11/h9,15H,5-8H2,1-4H3. The van der Waals surface area contributed by atoms with Gasteiger partial charge < -0.3 is 10.0 Å². The van der Waals surface area contributed by atoms with Crippen LogP contribution in [0, 0.1) is 6.92 Å². The summed E-state index contributed by atoms with van der Waals surface area (Å²) in [6.07, 6.45) is 1.03. The topological polar surface area (TPSA) is 36.4 Å². The summed E-state index contributed by atoms with van der Waals surface area (Å²) in [5.41, 5.74) is 2.43. The van der Waals surface area contributed by atoms with E-state index in [0.717, 1.165) is 31.7 Å². The van der Waals surface area contributed by atoms with E-state index in [4.69, 9.17) is 0 Å². The van der Waals surface area contributed by atoms with Gasteiger partial charge in [0.15, 0.2) is 0 Å². The first-order chi connectivity index (χ1) is 7.42. The van der Waals surface area contributed by atoms with Gasteiger partial charge in [-0.05, 0) is 33.7 Å². The molecule has 0 saturated carbocycles. The van der Waals surface area contributed by atoms with Crippen molar-refractivity contribution in [1.29, 1.82) is 0 Å². The number of rotatable bonds is 6. The molecule has 1 heterocycles. The van der Waals surface area contributed by atoms with Crippen LogP contribution in [0.1, 0.15) is 31.3 Å². The number of aliphatic hydroxyl groups is 1. The molecule has 0 fully saturated rings. The SMILES string of the molecule is CCN(CCc1scnc1C)CC(C)(C)O. The van der Waals surface area contributed by atoms with Gasteiger partial charge in [-0.15, -0.1) is 11.3 Å². The first-order valence-corrected chi connectivity index (χ1v) is 6.64. The maximum absolute atomic E-state index is 9.78. The Morgan fingerprint density at radius 3 is 2.62 bits per heavy atom. The van der Waals surface area contributed by atoms with Gasteiger partial charge >= 0.3 is 0 Å². The second-order valence-corrected chi connectivity index (χ2v) is 5.73. The van der Waals surface area contributed by atoms with E-state index in [1.165, 1.54) is 4.88 Å². The Morgan fingerprint density at radius 2 is 2.19 bits per heavy atom. The Balaban J connectivity index is 2.43. The minimum atomic E-state index is -0.612. The molecule has 4 heteroatoms. The molecule has 1 aromatic heterocycles. The van der Waals surface area contributed by atoms with E-state index < -0.39 is 5.60 Å². The van der Waals surface area contributed by atoms with Crippen molar-refractivity contribution in [3.63, 3.8) is 0 Å². The monoisotopic (exact) mass is 242 g/mol. The van der Waals surface area contributed by atoms with Crippen molar-refractivity contribution in [1.82, 2.24) is 9.88 Å². The lowest BCUT2D eigenvalue weighted by Crippen LogP contribution is -2.39. The molecule has 0 radical (unpaired) electrons. The molecule has 0 aliphatic rings. The van der Waals surface area contributed by atoms with Crippen molar-refractivity contribution in [3.8, 4) is 0 Å². The van der Waals surface area contributed by atoms with E-state index in [1.807, 2.05) is 19.4 Å². The van der Waals surface area contributed by atoms with Crippen LogP contribution in [-0.2, 0) is 6.42 Å². The highest BCUT2D eigenvalue weighted by Crippen LogP contribution is 2.14. The highest BCUT2D eigenvalue weighted by atomic mass is 32.1. The van der Waals surface area contributed by atoms with Gasteiger partial charge in [-0.1, -0.05) is 6.92 Å². The van der Waals surface area contributed by atoms with Gasteiger partial charge in [0.2, 0.25) is 0 Å². The summed E-state index contributed by atoms with van der Waals surface area (Å²) in [6.45, 7) is 10.6. The van der Waals surface area contributed by atoms with Crippen LogP contribution in [0.5, 0.6) is 0 Å². The zero-order chi connectivity index (χ0) is 12.2. The number of aryl methyl sites for hydroxylation is 1. The maximum Gasteiger partial charge on any atom is 0.0797 e. The molecule has 0 aromatic carbocycles. The largest absolute Gasteiger partial charge is 0.389 e. The second-order valence-electron chi connectivity index (χ2n) is 4.79. The van der Waals surface area contributed by atoms with Crippen LogP contribution in [0.4, 0.5) is 0 Å². The van der Waals surface area contributed by atoms with Gasteiger partial charge in [0.05, 0.1) is 16.8 Å². The highest BCUT2D eigenvalue weighted by molar-refractivity contribution is 7.09. The summed E-state index contributed by atoms with van der Waals surface area (Å²) >= 11 is 1.72. The number of nitrogens with zero attached hydrogens (tertiary/aromatic N) is 2. The van der Waals surface area contributed by atoms with Gasteiger partial charge in [-0.3, -0.25) is 0 Å². The molecule has 0 aliphatic carbocycles. The molecular formula is C12H22N2OS. The van der Waals surface area contributed by atoms with Crippen LogP contribution in [0.15, 0.2) is 5.51 Å². The fourth-order valence-electron chi connectivity index (χ4n) is 1.72. The van der Waals surface area contributed by atoms with Crippen molar-refractivity contribution < 1.29 is 5.11 Å². The van der Waals surface area contributed by atoms with Crippen LogP contribution in [0.3, 0.4) is 0 Å². The summed E-state index contributed by atoms with van der Waals surface area (Å²) < 4.78 is 0. The lowest BCUT2D eigenvalue weighted by Gasteiger charge is -2.27. The molecule has 0 unspecified atom stereocenters. The number of thiazole rings is 1. The molecule has 0 aliphatic heterocycles. The smallest absolute Gasteiger partial charge is 0.0797 e. The van der Waals surface area contributed by atoms with Gasteiger partial charge in [0.1, 0.15) is 0 Å². The summed E-state index contributed by atoms with van der Waals surface area (Å²) in [6, 6.07) is 0. The molecule has 0 saturated heterocycles. The molecular weight excluding hydrogens is 220 g/mol. The van der Waals surface area contributed by atoms with Crippen LogP contribution >= 0.6 is 11.3 Å². The minimum absolute atomic E-state index is 0.612. The molecule has 92 valence electrons. The predicted octanol–water partition coefficient (Wildman–Crippen LogP) is 2.09. The number of aromatic nitrogens is 1. The third-order valence-electron chi connectivity index (χ3n) is 2.56. The Labute approximate surface area is 102 Å². The second kappa shape index (κ2) is 5.75. The zero-order valence-corrected chi connectivity index (χ0v) is 11.5. The lowest BCUT2D eigenvalue weighted by molar-refractivity contribution is 0.0383. The van der Waals surface area contributed by atoms with Crippen molar-refractivity contribution >= 4 is 11.3 Å². The van der Waals surface area contributed by atoms with Gasteiger partial charge in [0, 0.05) is 18.0 Å². The summed E-state index contributed by atoms with van der Waals surface area (Å²) in [4.78, 5) is 7.88. The molecule has 1 aromatic rings. The normalized spacial score (nSPS) is 12.4. The zero-order valence-electron chi connectivity index (χ0n) is 10.7. The maximum atomic E-state index is 9.78. The van der Waals surface area contributed by atoms with E-state index >= 15 is 0 Å². The molecule has 0 spiro atoms. The third-order valence-corrected chi connectivity index (χ3v) is 3.55. The number of hydrogen-bond donors (Lipinski definition) is 1. The lowest BCUT2D eigenvalue weighted by atomic mass is 10.1. The molecule has 0 atom stereocenters. The molecule has 1 rings (SSSR count).